The number of benzene rings is 1. The molecule has 0 unspecified atom stereocenters. The van der Waals surface area contributed by atoms with E-state index in [1.165, 1.54) is 50.1 Å². The normalized spacial score (nSPS) is 11.6. The van der Waals surface area contributed by atoms with Crippen LogP contribution in [-0.4, -0.2) is 26.5 Å². The van der Waals surface area contributed by atoms with Crippen LogP contribution in [0.1, 0.15) is 51.7 Å². The maximum absolute atomic E-state index is 4.86. The van der Waals surface area contributed by atoms with Gasteiger partial charge in [-0.2, -0.15) is 0 Å². The molecule has 0 heterocycles. The number of thiol groups is 1. The van der Waals surface area contributed by atoms with E-state index in [0.29, 0.717) is 0 Å². The quantitative estimate of drug-likeness (QED) is 0.478. The Bertz CT molecular complexity index is 508. The predicted octanol–water partition coefficient (Wildman–Crippen LogP) is 2.40. The van der Waals surface area contributed by atoms with Gasteiger partial charge in [-0.05, 0) is 0 Å². The van der Waals surface area contributed by atoms with Gasteiger partial charge in [-0.25, -0.2) is 0 Å². The molecule has 0 saturated carbocycles. The molecule has 1 aromatic carbocycles. The van der Waals surface area contributed by atoms with Crippen molar-refractivity contribution in [1.82, 2.24) is 0 Å². The fourth-order valence-corrected chi connectivity index (χ4v) is 4.35. The zero-order valence-electron chi connectivity index (χ0n) is 13.8. The molecule has 0 aliphatic carbocycles. The van der Waals surface area contributed by atoms with Gasteiger partial charge in [-0.3, -0.25) is 0 Å². The molecule has 0 saturated heterocycles. The fraction of sp³-hybridized carbons (Fsp3) is 0.562. The van der Waals surface area contributed by atoms with Gasteiger partial charge < -0.3 is 0 Å². The SMILES string of the molecule is Bc1c(CC)c(S)c(/B=C(\C)CCC)c(CC)c1SC. The van der Waals surface area contributed by atoms with Crippen LogP contribution in [0.5, 0.6) is 0 Å². The van der Waals surface area contributed by atoms with Gasteiger partial charge in [0.05, 0.1) is 0 Å². The number of hydrogen-bond acceptors (Lipinski definition) is 2. The summed E-state index contributed by atoms with van der Waals surface area (Å²) in [7, 11) is 2.25. The van der Waals surface area contributed by atoms with Crippen molar-refractivity contribution in [2.24, 2.45) is 0 Å². The summed E-state index contributed by atoms with van der Waals surface area (Å²) < 4.78 is 0. The molecule has 0 aliphatic heterocycles. The van der Waals surface area contributed by atoms with Crippen molar-refractivity contribution >= 4 is 55.5 Å². The van der Waals surface area contributed by atoms with Gasteiger partial charge in [0.1, 0.15) is 0 Å². The molecule has 0 N–H and O–H groups in total. The van der Waals surface area contributed by atoms with Crippen LogP contribution in [-0.2, 0) is 12.8 Å². The van der Waals surface area contributed by atoms with E-state index >= 15 is 0 Å². The van der Waals surface area contributed by atoms with Crippen LogP contribution in [0.15, 0.2) is 9.79 Å². The second-order valence-corrected chi connectivity index (χ2v) is 6.59. The number of thioether (sulfide) groups is 1. The van der Waals surface area contributed by atoms with Gasteiger partial charge in [0.2, 0.25) is 0 Å². The van der Waals surface area contributed by atoms with Crippen LogP contribution >= 0.6 is 24.4 Å². The van der Waals surface area contributed by atoms with Gasteiger partial charge >= 0.3 is 136 Å². The standard InChI is InChI=1S/C16H26B2S2/c1-6-9-10(4)18-14-12(8-3)16(20-5)13(17)11(7-2)15(14)19/h19H,6-9,17H2,1-5H3. The van der Waals surface area contributed by atoms with Gasteiger partial charge in [-0.1, -0.05) is 0 Å². The Labute approximate surface area is 136 Å². The number of hydrogen-bond donors (Lipinski definition) is 1. The Kier molecular flexibility index (Phi) is 7.53. The molecular weight excluding hydrogens is 278 g/mol. The van der Waals surface area contributed by atoms with E-state index < -0.39 is 0 Å². The average molecular weight is 304 g/mol. The van der Waals surface area contributed by atoms with E-state index in [0.717, 1.165) is 12.8 Å². The molecule has 0 spiro atoms. The summed E-state index contributed by atoms with van der Waals surface area (Å²) in [5.41, 5.74) is 7.11. The van der Waals surface area contributed by atoms with Crippen LogP contribution in [0.2, 0.25) is 0 Å². The molecule has 108 valence electrons. The minimum atomic E-state index is 1.05. The summed E-state index contributed by atoms with van der Waals surface area (Å²) in [6, 6.07) is 0. The van der Waals surface area contributed by atoms with Crippen LogP contribution < -0.4 is 10.9 Å². The van der Waals surface area contributed by atoms with Crippen molar-refractivity contribution in [3.8, 4) is 0 Å². The van der Waals surface area contributed by atoms with Gasteiger partial charge in [0.25, 0.3) is 0 Å². The third-order valence-electron chi connectivity index (χ3n) is 3.88. The fourth-order valence-electron chi connectivity index (χ4n) is 2.90. The van der Waals surface area contributed by atoms with Crippen LogP contribution in [0.25, 0.3) is 0 Å². The molecule has 0 atom stereocenters. The summed E-state index contributed by atoms with van der Waals surface area (Å²) in [4.78, 5) is 2.65. The van der Waals surface area contributed by atoms with Crippen LogP contribution in [0, 0.1) is 0 Å². The zero-order chi connectivity index (χ0) is 15.3. The topological polar surface area (TPSA) is 0 Å². The Morgan fingerprint density at radius 1 is 1.20 bits per heavy atom. The minimum absolute atomic E-state index is 1.05. The molecule has 0 nitrogen and oxygen atoms in total. The summed E-state index contributed by atoms with van der Waals surface area (Å²) in [6.07, 6.45) is 6.68. The summed E-state index contributed by atoms with van der Waals surface area (Å²) >= 11 is 6.74. The van der Waals surface area contributed by atoms with Crippen LogP contribution in [0.4, 0.5) is 0 Å². The summed E-state index contributed by atoms with van der Waals surface area (Å²) in [5, 5.41) is 0. The third-order valence-corrected chi connectivity index (χ3v) is 5.35. The molecular formula is C16H26B2S2. The second-order valence-electron chi connectivity index (χ2n) is 5.33. The molecule has 0 bridgehead atoms. The van der Waals surface area contributed by atoms with Gasteiger partial charge in [0, 0.05) is 0 Å². The monoisotopic (exact) mass is 304 g/mol. The summed E-state index contributed by atoms with van der Waals surface area (Å²) in [6.45, 7) is 11.3. The van der Waals surface area contributed by atoms with E-state index in [1.54, 1.807) is 0 Å². The van der Waals surface area contributed by atoms with Gasteiger partial charge in [-0.15, -0.1) is 0 Å². The molecule has 0 aromatic heterocycles. The first kappa shape index (κ1) is 18.0. The maximum atomic E-state index is 4.86. The van der Waals surface area contributed by atoms with E-state index in [2.05, 4.69) is 48.7 Å². The molecule has 0 radical (unpaired) electrons. The van der Waals surface area contributed by atoms with Crippen molar-refractivity contribution in [3.63, 3.8) is 0 Å². The first-order valence-electron chi connectivity index (χ1n) is 7.60. The van der Waals surface area contributed by atoms with Crippen LogP contribution in [0.3, 0.4) is 0 Å². The molecule has 0 aliphatic rings. The van der Waals surface area contributed by atoms with Crippen molar-refractivity contribution in [2.75, 3.05) is 6.26 Å². The zero-order valence-corrected chi connectivity index (χ0v) is 15.5. The van der Waals surface area contributed by atoms with E-state index in [1.807, 2.05) is 11.8 Å². The molecule has 20 heavy (non-hydrogen) atoms. The number of rotatable bonds is 6. The van der Waals surface area contributed by atoms with Gasteiger partial charge in [0.15, 0.2) is 0 Å². The first-order chi connectivity index (χ1) is 9.51. The predicted molar refractivity (Wildman–Crippen MR) is 103 cm³/mol. The average Bonchev–Trinajstić information content (AvgIpc) is 2.42. The molecule has 0 amide bonds. The Morgan fingerprint density at radius 3 is 2.25 bits per heavy atom. The first-order valence-corrected chi connectivity index (χ1v) is 9.27. The Balaban J connectivity index is 3.59. The van der Waals surface area contributed by atoms with E-state index in [4.69, 9.17) is 12.6 Å². The molecule has 4 heteroatoms. The molecule has 0 fully saturated rings. The Morgan fingerprint density at radius 2 is 1.80 bits per heavy atom. The third kappa shape index (κ3) is 3.76. The molecule has 1 rings (SSSR count). The van der Waals surface area contributed by atoms with E-state index in [9.17, 15) is 0 Å². The van der Waals surface area contributed by atoms with E-state index in [-0.39, 0.29) is 0 Å². The second kappa shape index (κ2) is 8.38. The van der Waals surface area contributed by atoms with Crippen molar-refractivity contribution in [3.05, 3.63) is 11.1 Å². The molecule has 1 aromatic rings. The van der Waals surface area contributed by atoms with Crippen molar-refractivity contribution < 1.29 is 0 Å². The van der Waals surface area contributed by atoms with Crippen molar-refractivity contribution in [1.29, 1.82) is 0 Å². The Hall–Kier alpha value is -0.0801. The summed E-state index contributed by atoms with van der Waals surface area (Å²) in [5.74, 6) is 0. The van der Waals surface area contributed by atoms with Crippen molar-refractivity contribution in [2.45, 2.75) is 63.2 Å².